The topological polar surface area (TPSA) is 40.5 Å². The number of aliphatic carboxylic acids is 1. The van der Waals surface area contributed by atoms with E-state index in [1.807, 2.05) is 17.0 Å². The van der Waals surface area contributed by atoms with Gasteiger partial charge in [-0.3, -0.25) is 9.69 Å². The molecule has 1 saturated heterocycles. The Morgan fingerprint density at radius 2 is 1.96 bits per heavy atom. The van der Waals surface area contributed by atoms with E-state index in [1.165, 1.54) is 5.56 Å². The fourth-order valence-electron chi connectivity index (χ4n) is 3.57. The third kappa shape index (κ3) is 3.84. The van der Waals surface area contributed by atoms with Crippen LogP contribution in [0.5, 0.6) is 0 Å². The molecule has 132 valence electrons. The molecule has 0 saturated carbocycles. The van der Waals surface area contributed by atoms with Gasteiger partial charge in [0, 0.05) is 16.6 Å². The van der Waals surface area contributed by atoms with Crippen molar-refractivity contribution in [1.29, 1.82) is 0 Å². The van der Waals surface area contributed by atoms with Gasteiger partial charge < -0.3 is 5.11 Å². The number of carboxylic acid groups (broad SMARTS) is 1. The number of rotatable bonds is 5. The Balaban J connectivity index is 2.08. The maximum atomic E-state index is 11.7. The smallest absolute Gasteiger partial charge is 0.320 e. The fourth-order valence-corrected chi connectivity index (χ4v) is 4.08. The summed E-state index contributed by atoms with van der Waals surface area (Å²) in [4.78, 5) is 13.8. The van der Waals surface area contributed by atoms with Crippen LogP contribution in [0.15, 0.2) is 42.5 Å². The van der Waals surface area contributed by atoms with E-state index in [1.54, 1.807) is 6.07 Å². The number of hydrogen-bond donors (Lipinski definition) is 1. The van der Waals surface area contributed by atoms with Gasteiger partial charge in [0.15, 0.2) is 0 Å². The van der Waals surface area contributed by atoms with E-state index >= 15 is 0 Å². The van der Waals surface area contributed by atoms with Crippen molar-refractivity contribution in [2.24, 2.45) is 0 Å². The van der Waals surface area contributed by atoms with Gasteiger partial charge in [-0.1, -0.05) is 60.5 Å². The Kier molecular flexibility index (Phi) is 5.67. The maximum absolute atomic E-state index is 11.7. The van der Waals surface area contributed by atoms with Gasteiger partial charge >= 0.3 is 5.97 Å². The van der Waals surface area contributed by atoms with E-state index in [4.69, 9.17) is 23.2 Å². The minimum Gasteiger partial charge on any atom is -0.480 e. The molecule has 1 aliphatic heterocycles. The van der Waals surface area contributed by atoms with Crippen molar-refractivity contribution in [1.82, 2.24) is 4.90 Å². The standard InChI is InChI=1S/C20H21Cl2NO2/c1-2-13-5-7-14(8-6-13)19(16-10-9-15(21)12-17(16)22)23-11-3-4-18(23)20(24)25/h5-10,12,18-19H,2-4,11H2,1H3,(H,24,25). The third-order valence-corrected chi connectivity index (χ3v) is 5.43. The lowest BCUT2D eigenvalue weighted by Crippen LogP contribution is -2.39. The van der Waals surface area contributed by atoms with Crippen molar-refractivity contribution >= 4 is 29.2 Å². The van der Waals surface area contributed by atoms with Crippen LogP contribution in [0.3, 0.4) is 0 Å². The Hall–Kier alpha value is -1.55. The molecule has 1 fully saturated rings. The second-order valence-corrected chi connectivity index (χ2v) is 7.24. The molecule has 0 aliphatic carbocycles. The van der Waals surface area contributed by atoms with Crippen LogP contribution in [0.1, 0.15) is 42.5 Å². The van der Waals surface area contributed by atoms with Crippen molar-refractivity contribution in [2.45, 2.75) is 38.3 Å². The Morgan fingerprint density at radius 1 is 1.24 bits per heavy atom. The molecule has 3 nitrogen and oxygen atoms in total. The Bertz CT molecular complexity index is 761. The SMILES string of the molecule is CCc1ccc(C(c2ccc(Cl)cc2Cl)N2CCCC2C(=O)O)cc1. The zero-order valence-corrected chi connectivity index (χ0v) is 15.6. The van der Waals surface area contributed by atoms with Gasteiger partial charge in [-0.2, -0.15) is 0 Å². The summed E-state index contributed by atoms with van der Waals surface area (Å²) in [6, 6.07) is 13.1. The average Bonchev–Trinajstić information content (AvgIpc) is 3.07. The molecule has 0 spiro atoms. The van der Waals surface area contributed by atoms with Gasteiger partial charge in [0.05, 0.1) is 6.04 Å². The molecular formula is C20H21Cl2NO2. The normalized spacial score (nSPS) is 19.1. The second kappa shape index (κ2) is 7.77. The summed E-state index contributed by atoms with van der Waals surface area (Å²) in [5, 5.41) is 10.8. The first kappa shape index (κ1) is 18.2. The molecule has 1 N–H and O–H groups in total. The minimum atomic E-state index is -0.780. The van der Waals surface area contributed by atoms with Gasteiger partial charge in [0.25, 0.3) is 0 Å². The van der Waals surface area contributed by atoms with Crippen LogP contribution in [0, 0.1) is 0 Å². The monoisotopic (exact) mass is 377 g/mol. The predicted molar refractivity (Wildman–Crippen MR) is 101 cm³/mol. The highest BCUT2D eigenvalue weighted by molar-refractivity contribution is 6.35. The Morgan fingerprint density at radius 3 is 2.56 bits per heavy atom. The number of nitrogens with zero attached hydrogens (tertiary/aromatic N) is 1. The largest absolute Gasteiger partial charge is 0.480 e. The summed E-state index contributed by atoms with van der Waals surface area (Å²) in [5.41, 5.74) is 3.19. The second-order valence-electron chi connectivity index (χ2n) is 6.40. The average molecular weight is 378 g/mol. The van der Waals surface area contributed by atoms with Crippen molar-refractivity contribution < 1.29 is 9.90 Å². The van der Waals surface area contributed by atoms with E-state index in [2.05, 4.69) is 31.2 Å². The van der Waals surface area contributed by atoms with Crippen LogP contribution in [-0.4, -0.2) is 28.6 Å². The predicted octanol–water partition coefficient (Wildman–Crippen LogP) is 5.19. The van der Waals surface area contributed by atoms with Gasteiger partial charge in [0.2, 0.25) is 0 Å². The van der Waals surface area contributed by atoms with Gasteiger partial charge in [0.1, 0.15) is 6.04 Å². The lowest BCUT2D eigenvalue weighted by Gasteiger charge is -2.32. The molecule has 0 aromatic heterocycles. The number of aryl methyl sites for hydroxylation is 1. The number of hydrogen-bond acceptors (Lipinski definition) is 2. The summed E-state index contributed by atoms with van der Waals surface area (Å²) in [6.07, 6.45) is 2.49. The van der Waals surface area contributed by atoms with E-state index in [0.29, 0.717) is 16.5 Å². The molecule has 25 heavy (non-hydrogen) atoms. The molecule has 2 unspecified atom stereocenters. The summed E-state index contributed by atoms with van der Waals surface area (Å²) < 4.78 is 0. The van der Waals surface area contributed by atoms with Crippen molar-refractivity contribution in [2.75, 3.05) is 6.54 Å². The van der Waals surface area contributed by atoms with Crippen LogP contribution in [0.2, 0.25) is 10.0 Å². The lowest BCUT2D eigenvalue weighted by atomic mass is 9.95. The molecular weight excluding hydrogens is 357 g/mol. The number of carbonyl (C=O) groups is 1. The first-order chi connectivity index (χ1) is 12.0. The molecule has 2 atom stereocenters. The molecule has 2 aromatic carbocycles. The lowest BCUT2D eigenvalue weighted by molar-refractivity contribution is -0.142. The highest BCUT2D eigenvalue weighted by Crippen LogP contribution is 2.38. The van der Waals surface area contributed by atoms with Crippen LogP contribution < -0.4 is 0 Å². The number of carboxylic acids is 1. The van der Waals surface area contributed by atoms with Gasteiger partial charge in [-0.05, 0) is 48.1 Å². The van der Waals surface area contributed by atoms with Crippen molar-refractivity contribution in [3.8, 4) is 0 Å². The number of benzene rings is 2. The maximum Gasteiger partial charge on any atom is 0.320 e. The van der Waals surface area contributed by atoms with E-state index < -0.39 is 12.0 Å². The van der Waals surface area contributed by atoms with E-state index in [0.717, 1.165) is 30.5 Å². The first-order valence-corrected chi connectivity index (χ1v) is 9.29. The summed E-state index contributed by atoms with van der Waals surface area (Å²) >= 11 is 12.5. The molecule has 0 amide bonds. The highest BCUT2D eigenvalue weighted by Gasteiger charge is 2.37. The summed E-state index contributed by atoms with van der Waals surface area (Å²) in [6.45, 7) is 2.85. The molecule has 3 rings (SSSR count). The third-order valence-electron chi connectivity index (χ3n) is 4.87. The fraction of sp³-hybridized carbons (Fsp3) is 0.350. The molecule has 1 heterocycles. The van der Waals surface area contributed by atoms with Crippen LogP contribution >= 0.6 is 23.2 Å². The van der Waals surface area contributed by atoms with Gasteiger partial charge in [-0.25, -0.2) is 0 Å². The van der Waals surface area contributed by atoms with Crippen molar-refractivity contribution in [3.63, 3.8) is 0 Å². The molecule has 1 aliphatic rings. The first-order valence-electron chi connectivity index (χ1n) is 8.53. The minimum absolute atomic E-state index is 0.195. The highest BCUT2D eigenvalue weighted by atomic mass is 35.5. The Labute approximate surface area is 158 Å². The quantitative estimate of drug-likeness (QED) is 0.778. The number of likely N-dealkylation sites (tertiary alicyclic amines) is 1. The van der Waals surface area contributed by atoms with Crippen molar-refractivity contribution in [3.05, 3.63) is 69.2 Å². The summed E-state index contributed by atoms with van der Waals surface area (Å²) in [7, 11) is 0. The molecule has 5 heteroatoms. The van der Waals surface area contributed by atoms with Crippen LogP contribution in [0.4, 0.5) is 0 Å². The number of halogens is 2. The van der Waals surface area contributed by atoms with E-state index in [-0.39, 0.29) is 6.04 Å². The van der Waals surface area contributed by atoms with Crippen LogP contribution in [-0.2, 0) is 11.2 Å². The molecule has 0 bridgehead atoms. The zero-order valence-electron chi connectivity index (χ0n) is 14.1. The zero-order chi connectivity index (χ0) is 18.0. The molecule has 0 radical (unpaired) electrons. The van der Waals surface area contributed by atoms with Gasteiger partial charge in [-0.15, -0.1) is 0 Å². The molecule has 2 aromatic rings. The van der Waals surface area contributed by atoms with E-state index in [9.17, 15) is 9.90 Å². The van der Waals surface area contributed by atoms with Crippen LogP contribution in [0.25, 0.3) is 0 Å². The summed E-state index contributed by atoms with van der Waals surface area (Å²) in [5.74, 6) is -0.780.